The number of carbonyl (C=O) groups is 10. The van der Waals surface area contributed by atoms with Gasteiger partial charge in [0.25, 0.3) is 0 Å². The molecular formula is C33H54N8O14. The Morgan fingerprint density at radius 1 is 0.727 bits per heavy atom. The van der Waals surface area contributed by atoms with Crippen LogP contribution >= 0.6 is 0 Å². The highest BCUT2D eigenvalue weighted by Crippen LogP contribution is 2.22. The van der Waals surface area contributed by atoms with Crippen LogP contribution in [0.4, 0.5) is 0 Å². The normalized spacial score (nSPS) is 17.7. The molecule has 0 saturated carbocycles. The number of hydrogen-bond acceptors (Lipinski definition) is 12. The number of hydrogen-bond donors (Lipinski definition) is 11. The maximum absolute atomic E-state index is 14.0. The highest BCUT2D eigenvalue weighted by atomic mass is 16.4. The third-order valence-corrected chi connectivity index (χ3v) is 8.99. The zero-order chi connectivity index (χ0) is 42.2. The van der Waals surface area contributed by atoms with E-state index in [4.69, 9.17) is 21.7 Å². The molecule has 8 atom stereocenters. The molecule has 1 heterocycles. The first-order chi connectivity index (χ1) is 25.6. The van der Waals surface area contributed by atoms with Gasteiger partial charge in [0.05, 0.1) is 19.1 Å². The van der Waals surface area contributed by atoms with Crippen molar-refractivity contribution in [2.75, 3.05) is 13.2 Å². The molecule has 0 aliphatic carbocycles. The molecule has 55 heavy (non-hydrogen) atoms. The Morgan fingerprint density at radius 3 is 1.76 bits per heavy atom. The quantitative estimate of drug-likeness (QED) is 0.0446. The van der Waals surface area contributed by atoms with Crippen molar-refractivity contribution in [1.29, 1.82) is 0 Å². The van der Waals surface area contributed by atoms with E-state index >= 15 is 0 Å². The van der Waals surface area contributed by atoms with Gasteiger partial charge < -0.3 is 63.4 Å². The monoisotopic (exact) mass is 786 g/mol. The minimum absolute atomic E-state index is 0.0468. The van der Waals surface area contributed by atoms with Crippen LogP contribution in [0.15, 0.2) is 0 Å². The molecule has 0 bridgehead atoms. The third kappa shape index (κ3) is 15.5. The van der Waals surface area contributed by atoms with Gasteiger partial charge in [0, 0.05) is 19.4 Å². The minimum atomic E-state index is -1.74. The molecule has 7 amide bonds. The molecule has 22 nitrogen and oxygen atoms in total. The number of nitrogens with two attached hydrogens (primary N) is 2. The molecule has 22 heteroatoms. The van der Waals surface area contributed by atoms with E-state index in [2.05, 4.69) is 26.6 Å². The van der Waals surface area contributed by atoms with Gasteiger partial charge in [-0.2, -0.15) is 0 Å². The topological polar surface area (TPSA) is 367 Å². The zero-order valence-corrected chi connectivity index (χ0v) is 31.2. The molecule has 1 saturated heterocycles. The summed E-state index contributed by atoms with van der Waals surface area (Å²) in [5.74, 6) is -11.8. The summed E-state index contributed by atoms with van der Waals surface area (Å²) in [6.45, 7) is 5.57. The standard InChI is InChI=1S/C33H54N8O14/c1-5-16(4)26(32(53)41-12-6-7-21(41)31(52)38-20(14-42)30(51)39-25(15(2)3)33(54)55)40-29(50)19(13-22(35)43)37-28(49)18(9-11-24(46)47)36-27(48)17(34)8-10-23(44)45/h15-21,25-26,42H,5-14,34H2,1-4H3,(H2,35,43)(H,36,48)(H,37,49)(H,38,52)(H,39,51)(H,40,50)(H,44,45)(H,46,47)(H,54,55)/t16-,17-,18-,19-,20-,21-,25-,26-/m0/s1. The number of aliphatic hydroxyl groups is 1. The molecule has 0 aromatic carbocycles. The van der Waals surface area contributed by atoms with Crippen LogP contribution < -0.4 is 38.1 Å². The molecule has 1 aliphatic rings. The van der Waals surface area contributed by atoms with E-state index in [1.807, 2.05) is 0 Å². The Balaban J connectivity index is 3.25. The van der Waals surface area contributed by atoms with E-state index in [0.29, 0.717) is 12.8 Å². The van der Waals surface area contributed by atoms with Gasteiger partial charge in [-0.05, 0) is 37.5 Å². The maximum atomic E-state index is 14.0. The molecule has 0 unspecified atom stereocenters. The fraction of sp³-hybridized carbons (Fsp3) is 0.697. The first-order valence-corrected chi connectivity index (χ1v) is 17.8. The van der Waals surface area contributed by atoms with E-state index < -0.39 is 146 Å². The largest absolute Gasteiger partial charge is 0.481 e. The van der Waals surface area contributed by atoms with Crippen LogP contribution in [0.5, 0.6) is 0 Å². The summed E-state index contributed by atoms with van der Waals surface area (Å²) in [6.07, 6.45) is -1.93. The van der Waals surface area contributed by atoms with E-state index in [0.717, 1.165) is 0 Å². The van der Waals surface area contributed by atoms with Crippen molar-refractivity contribution in [3.05, 3.63) is 0 Å². The Hall–Kier alpha value is -5.38. The number of rotatable bonds is 24. The first-order valence-electron chi connectivity index (χ1n) is 17.8. The van der Waals surface area contributed by atoms with Crippen LogP contribution in [0.3, 0.4) is 0 Å². The van der Waals surface area contributed by atoms with Crippen LogP contribution in [0.2, 0.25) is 0 Å². The Bertz CT molecular complexity index is 1440. The second-order valence-corrected chi connectivity index (χ2v) is 13.6. The van der Waals surface area contributed by atoms with E-state index in [-0.39, 0.29) is 19.4 Å². The molecule has 0 spiro atoms. The Morgan fingerprint density at radius 2 is 1.25 bits per heavy atom. The number of carboxylic acids is 3. The van der Waals surface area contributed by atoms with Gasteiger partial charge in [-0.3, -0.25) is 43.2 Å². The van der Waals surface area contributed by atoms with Gasteiger partial charge in [0.1, 0.15) is 36.3 Å². The van der Waals surface area contributed by atoms with Crippen LogP contribution in [-0.2, 0) is 47.9 Å². The fourth-order valence-electron chi connectivity index (χ4n) is 5.56. The fourth-order valence-corrected chi connectivity index (χ4v) is 5.56. The Labute approximate surface area is 316 Å². The van der Waals surface area contributed by atoms with Gasteiger partial charge in [0.2, 0.25) is 41.4 Å². The molecule has 1 fully saturated rings. The number of nitrogens with one attached hydrogen (secondary N) is 5. The second kappa shape index (κ2) is 22.7. The lowest BCUT2D eigenvalue weighted by Crippen LogP contribution is -2.61. The lowest BCUT2D eigenvalue weighted by molar-refractivity contribution is -0.145. The Kier molecular flexibility index (Phi) is 19.7. The predicted molar refractivity (Wildman–Crippen MR) is 189 cm³/mol. The number of carboxylic acid groups (broad SMARTS) is 3. The highest BCUT2D eigenvalue weighted by molar-refractivity contribution is 5.98. The summed E-state index contributed by atoms with van der Waals surface area (Å²) in [5.41, 5.74) is 11.1. The van der Waals surface area contributed by atoms with Crippen molar-refractivity contribution >= 4 is 59.3 Å². The summed E-state index contributed by atoms with van der Waals surface area (Å²) in [7, 11) is 0. The zero-order valence-electron chi connectivity index (χ0n) is 31.2. The summed E-state index contributed by atoms with van der Waals surface area (Å²) >= 11 is 0. The molecular weight excluding hydrogens is 732 g/mol. The van der Waals surface area contributed by atoms with Crippen molar-refractivity contribution in [3.63, 3.8) is 0 Å². The number of amides is 7. The number of aliphatic carboxylic acids is 3. The number of likely N-dealkylation sites (tertiary alicyclic amines) is 1. The van der Waals surface area contributed by atoms with Crippen molar-refractivity contribution in [2.45, 2.75) is 121 Å². The summed E-state index contributed by atoms with van der Waals surface area (Å²) in [4.78, 5) is 127. The number of carbonyl (C=O) groups excluding carboxylic acids is 7. The van der Waals surface area contributed by atoms with E-state index in [9.17, 15) is 58.2 Å². The maximum Gasteiger partial charge on any atom is 0.326 e. The van der Waals surface area contributed by atoms with Crippen molar-refractivity contribution < 1.29 is 68.4 Å². The number of aliphatic hydroxyl groups excluding tert-OH is 1. The SMILES string of the molecule is CC[C@H](C)[C@H](NC(=O)[C@H](CC(N)=O)NC(=O)[C@H](CCC(=O)O)NC(=O)[C@@H](N)CCC(=O)O)C(=O)N1CCC[C@H]1C(=O)N[C@@H](CO)C(=O)N[C@H](C(=O)O)C(C)C. The van der Waals surface area contributed by atoms with Crippen molar-refractivity contribution in [1.82, 2.24) is 31.5 Å². The van der Waals surface area contributed by atoms with Crippen LogP contribution in [-0.4, -0.2) is 140 Å². The van der Waals surface area contributed by atoms with Crippen LogP contribution in [0.1, 0.15) is 79.1 Å². The lowest BCUT2D eigenvalue weighted by atomic mass is 9.96. The molecule has 1 rings (SSSR count). The van der Waals surface area contributed by atoms with Gasteiger partial charge in [-0.25, -0.2) is 4.79 Å². The van der Waals surface area contributed by atoms with Gasteiger partial charge in [0.15, 0.2) is 0 Å². The average Bonchev–Trinajstić information content (AvgIpc) is 3.61. The molecule has 0 aromatic rings. The first kappa shape index (κ1) is 47.6. The summed E-state index contributed by atoms with van der Waals surface area (Å²) in [6, 6.07) is -10.1. The summed E-state index contributed by atoms with van der Waals surface area (Å²) in [5, 5.41) is 48.9. The molecule has 310 valence electrons. The van der Waals surface area contributed by atoms with Gasteiger partial charge in [-0.15, -0.1) is 0 Å². The smallest absolute Gasteiger partial charge is 0.326 e. The van der Waals surface area contributed by atoms with Crippen molar-refractivity contribution in [3.8, 4) is 0 Å². The number of primary amides is 1. The average molecular weight is 787 g/mol. The van der Waals surface area contributed by atoms with E-state index in [1.54, 1.807) is 27.7 Å². The highest BCUT2D eigenvalue weighted by Gasteiger charge is 2.41. The van der Waals surface area contributed by atoms with Crippen LogP contribution in [0.25, 0.3) is 0 Å². The van der Waals surface area contributed by atoms with Crippen LogP contribution in [0, 0.1) is 11.8 Å². The third-order valence-electron chi connectivity index (χ3n) is 8.99. The lowest BCUT2D eigenvalue weighted by Gasteiger charge is -2.33. The number of nitrogens with zero attached hydrogens (tertiary/aromatic N) is 1. The van der Waals surface area contributed by atoms with E-state index in [1.165, 1.54) is 4.90 Å². The predicted octanol–water partition coefficient (Wildman–Crippen LogP) is -3.89. The van der Waals surface area contributed by atoms with Gasteiger partial charge in [-0.1, -0.05) is 34.1 Å². The van der Waals surface area contributed by atoms with Crippen molar-refractivity contribution in [2.24, 2.45) is 23.3 Å². The molecule has 0 radical (unpaired) electrons. The molecule has 0 aromatic heterocycles. The molecule has 1 aliphatic heterocycles. The molecule has 13 N–H and O–H groups in total. The second-order valence-electron chi connectivity index (χ2n) is 13.6. The summed E-state index contributed by atoms with van der Waals surface area (Å²) < 4.78 is 0. The minimum Gasteiger partial charge on any atom is -0.481 e. The van der Waals surface area contributed by atoms with Gasteiger partial charge >= 0.3 is 17.9 Å².